The van der Waals surface area contributed by atoms with Gasteiger partial charge in [-0.25, -0.2) is 14.6 Å². The SMILES string of the molecule is O=C(OCc1cc(=O)oc2cc3c(cc12)CCC3)c1cn2ccccc2n1. The highest BCUT2D eigenvalue weighted by Crippen LogP contribution is 2.28. The van der Waals surface area contributed by atoms with Gasteiger partial charge in [0.2, 0.25) is 0 Å². The molecule has 1 aromatic carbocycles. The van der Waals surface area contributed by atoms with Gasteiger partial charge in [-0.15, -0.1) is 0 Å². The fourth-order valence-corrected chi connectivity index (χ4v) is 3.66. The molecule has 1 aliphatic carbocycles. The predicted molar refractivity (Wildman–Crippen MR) is 98.8 cm³/mol. The standard InChI is InChI=1S/C21H16N2O4/c24-20-10-15(16-8-13-4-3-5-14(13)9-18(16)27-20)12-26-21(25)17-11-23-7-2-1-6-19(23)22-17/h1-2,6-11H,3-5,12H2. The van der Waals surface area contributed by atoms with E-state index < -0.39 is 11.6 Å². The number of ether oxygens (including phenoxy) is 1. The number of esters is 1. The topological polar surface area (TPSA) is 73.8 Å². The largest absolute Gasteiger partial charge is 0.456 e. The van der Waals surface area contributed by atoms with Crippen molar-refractivity contribution in [3.8, 4) is 0 Å². The van der Waals surface area contributed by atoms with Crippen LogP contribution in [0.4, 0.5) is 0 Å². The minimum atomic E-state index is -0.527. The fraction of sp³-hybridized carbons (Fsp3) is 0.190. The monoisotopic (exact) mass is 360 g/mol. The van der Waals surface area contributed by atoms with Crippen LogP contribution in [0, 0.1) is 0 Å². The number of carbonyl (C=O) groups excluding carboxylic acids is 1. The number of benzene rings is 1. The molecular weight excluding hydrogens is 344 g/mol. The molecule has 134 valence electrons. The van der Waals surface area contributed by atoms with E-state index in [1.807, 2.05) is 30.5 Å². The smallest absolute Gasteiger partial charge is 0.358 e. The summed E-state index contributed by atoms with van der Waals surface area (Å²) < 4.78 is 12.5. The molecule has 6 nitrogen and oxygen atoms in total. The van der Waals surface area contributed by atoms with Crippen LogP contribution < -0.4 is 5.63 Å². The van der Waals surface area contributed by atoms with Crippen LogP contribution in [0.3, 0.4) is 0 Å². The number of aryl methyl sites for hydroxylation is 2. The molecule has 27 heavy (non-hydrogen) atoms. The Labute approximate surface area is 154 Å². The van der Waals surface area contributed by atoms with Crippen molar-refractivity contribution >= 4 is 22.6 Å². The lowest BCUT2D eigenvalue weighted by molar-refractivity contribution is 0.0467. The van der Waals surface area contributed by atoms with Crippen LogP contribution in [0.5, 0.6) is 0 Å². The molecule has 0 bridgehead atoms. The van der Waals surface area contributed by atoms with Crippen LogP contribution in [0.1, 0.15) is 33.6 Å². The van der Waals surface area contributed by atoms with E-state index in [4.69, 9.17) is 9.15 Å². The highest BCUT2D eigenvalue weighted by atomic mass is 16.5. The number of imidazole rings is 1. The number of aromatic nitrogens is 2. The zero-order valence-electron chi connectivity index (χ0n) is 14.5. The molecule has 3 heterocycles. The molecular formula is C21H16N2O4. The average Bonchev–Trinajstić information content (AvgIpc) is 3.30. The maximum atomic E-state index is 12.4. The third-order valence-corrected chi connectivity index (χ3v) is 4.97. The van der Waals surface area contributed by atoms with Gasteiger partial charge in [0.15, 0.2) is 5.69 Å². The second kappa shape index (κ2) is 6.09. The molecule has 6 heteroatoms. The lowest BCUT2D eigenvalue weighted by atomic mass is 10.0. The first-order valence-electron chi connectivity index (χ1n) is 8.87. The summed E-state index contributed by atoms with van der Waals surface area (Å²) in [6.07, 6.45) is 6.57. The lowest BCUT2D eigenvalue weighted by Gasteiger charge is -2.08. The zero-order valence-corrected chi connectivity index (χ0v) is 14.5. The van der Waals surface area contributed by atoms with E-state index in [2.05, 4.69) is 11.1 Å². The number of rotatable bonds is 3. The van der Waals surface area contributed by atoms with Gasteiger partial charge in [-0.2, -0.15) is 0 Å². The summed E-state index contributed by atoms with van der Waals surface area (Å²) in [6.45, 7) is -0.00636. The van der Waals surface area contributed by atoms with Crippen molar-refractivity contribution in [3.63, 3.8) is 0 Å². The Balaban J connectivity index is 1.45. The molecule has 0 radical (unpaired) electrons. The van der Waals surface area contributed by atoms with Crippen molar-refractivity contribution in [2.75, 3.05) is 0 Å². The van der Waals surface area contributed by atoms with Gasteiger partial charge in [-0.1, -0.05) is 6.07 Å². The van der Waals surface area contributed by atoms with Crippen LogP contribution in [0.15, 0.2) is 58.0 Å². The molecule has 0 N–H and O–H groups in total. The Kier molecular flexibility index (Phi) is 3.57. The molecule has 1 aliphatic rings. The van der Waals surface area contributed by atoms with Crippen LogP contribution >= 0.6 is 0 Å². The Bertz CT molecular complexity index is 1220. The van der Waals surface area contributed by atoms with E-state index in [-0.39, 0.29) is 12.3 Å². The van der Waals surface area contributed by atoms with E-state index in [9.17, 15) is 9.59 Å². The summed E-state index contributed by atoms with van der Waals surface area (Å²) in [5.41, 5.74) is 4.14. The van der Waals surface area contributed by atoms with Gasteiger partial charge in [0, 0.05) is 29.4 Å². The van der Waals surface area contributed by atoms with Crippen molar-refractivity contribution in [1.29, 1.82) is 0 Å². The fourth-order valence-electron chi connectivity index (χ4n) is 3.66. The first-order valence-corrected chi connectivity index (χ1v) is 8.87. The molecule has 0 atom stereocenters. The Morgan fingerprint density at radius 3 is 2.89 bits per heavy atom. The number of hydrogen-bond acceptors (Lipinski definition) is 5. The summed E-state index contributed by atoms with van der Waals surface area (Å²) in [5, 5.41) is 0.818. The van der Waals surface area contributed by atoms with Gasteiger partial charge in [0.1, 0.15) is 17.8 Å². The van der Waals surface area contributed by atoms with Gasteiger partial charge in [0.05, 0.1) is 0 Å². The molecule has 0 amide bonds. The first-order chi connectivity index (χ1) is 13.2. The minimum absolute atomic E-state index is 0.00636. The summed E-state index contributed by atoms with van der Waals surface area (Å²) in [7, 11) is 0. The molecule has 0 aliphatic heterocycles. The van der Waals surface area contributed by atoms with Gasteiger partial charge in [-0.05, 0) is 54.7 Å². The van der Waals surface area contributed by atoms with E-state index >= 15 is 0 Å². The zero-order chi connectivity index (χ0) is 18.4. The quantitative estimate of drug-likeness (QED) is 0.414. The van der Waals surface area contributed by atoms with E-state index in [0.29, 0.717) is 16.8 Å². The number of nitrogens with zero attached hydrogens (tertiary/aromatic N) is 2. The van der Waals surface area contributed by atoms with E-state index in [1.165, 1.54) is 17.2 Å². The second-order valence-electron chi connectivity index (χ2n) is 6.73. The van der Waals surface area contributed by atoms with Crippen molar-refractivity contribution < 1.29 is 13.9 Å². The third-order valence-electron chi connectivity index (χ3n) is 4.97. The highest BCUT2D eigenvalue weighted by molar-refractivity contribution is 5.88. The molecule has 0 saturated heterocycles. The normalized spacial score (nSPS) is 13.2. The molecule has 0 saturated carbocycles. The molecule has 0 spiro atoms. The third kappa shape index (κ3) is 2.79. The maximum Gasteiger partial charge on any atom is 0.358 e. The van der Waals surface area contributed by atoms with E-state index in [0.717, 1.165) is 24.6 Å². The maximum absolute atomic E-state index is 12.4. The van der Waals surface area contributed by atoms with Crippen molar-refractivity contribution in [1.82, 2.24) is 9.38 Å². The summed E-state index contributed by atoms with van der Waals surface area (Å²) in [6, 6.07) is 10.9. The Hall–Kier alpha value is -3.41. The van der Waals surface area contributed by atoms with Crippen LogP contribution in [0.2, 0.25) is 0 Å². The van der Waals surface area contributed by atoms with Crippen molar-refractivity contribution in [2.24, 2.45) is 0 Å². The summed E-state index contributed by atoms with van der Waals surface area (Å²) >= 11 is 0. The van der Waals surface area contributed by atoms with Crippen LogP contribution in [-0.4, -0.2) is 15.4 Å². The first kappa shape index (κ1) is 15.8. The molecule has 4 aromatic rings. The molecule has 0 unspecified atom stereocenters. The van der Waals surface area contributed by atoms with Crippen molar-refractivity contribution in [3.05, 3.63) is 81.6 Å². The molecule has 5 rings (SSSR count). The summed E-state index contributed by atoms with van der Waals surface area (Å²) in [4.78, 5) is 28.6. The van der Waals surface area contributed by atoms with Gasteiger partial charge in [-0.3, -0.25) is 0 Å². The average molecular weight is 360 g/mol. The van der Waals surface area contributed by atoms with Gasteiger partial charge < -0.3 is 13.6 Å². The number of pyridine rings is 1. The van der Waals surface area contributed by atoms with Crippen LogP contribution in [-0.2, 0) is 24.2 Å². The Morgan fingerprint density at radius 1 is 1.19 bits per heavy atom. The van der Waals surface area contributed by atoms with Gasteiger partial charge in [0.25, 0.3) is 0 Å². The van der Waals surface area contributed by atoms with Gasteiger partial charge >= 0.3 is 11.6 Å². The van der Waals surface area contributed by atoms with E-state index in [1.54, 1.807) is 10.6 Å². The number of hydrogen-bond donors (Lipinski definition) is 0. The van der Waals surface area contributed by atoms with Crippen molar-refractivity contribution in [2.45, 2.75) is 25.9 Å². The second-order valence-corrected chi connectivity index (χ2v) is 6.73. The highest BCUT2D eigenvalue weighted by Gasteiger charge is 2.17. The van der Waals surface area contributed by atoms with Crippen LogP contribution in [0.25, 0.3) is 16.6 Å². The molecule has 0 fully saturated rings. The molecule has 3 aromatic heterocycles. The lowest BCUT2D eigenvalue weighted by Crippen LogP contribution is -2.08. The summed E-state index contributed by atoms with van der Waals surface area (Å²) in [5.74, 6) is -0.527. The Morgan fingerprint density at radius 2 is 2.04 bits per heavy atom. The minimum Gasteiger partial charge on any atom is -0.456 e. The predicted octanol–water partition coefficient (Wildman–Crippen LogP) is 3.29. The number of fused-ring (bicyclic) bond motifs is 3. The number of carbonyl (C=O) groups is 1.